The van der Waals surface area contributed by atoms with Crippen LogP contribution in [-0.4, -0.2) is 16.2 Å². The van der Waals surface area contributed by atoms with Gasteiger partial charge >= 0.3 is 0 Å². The van der Waals surface area contributed by atoms with Crippen molar-refractivity contribution in [1.82, 2.24) is 9.97 Å². The van der Waals surface area contributed by atoms with Crippen molar-refractivity contribution in [2.24, 2.45) is 5.10 Å². The van der Waals surface area contributed by atoms with Gasteiger partial charge in [0.1, 0.15) is 0 Å². The van der Waals surface area contributed by atoms with E-state index in [-0.39, 0.29) is 0 Å². The number of hydrazone groups is 1. The minimum atomic E-state index is 0.425. The molecule has 2 aromatic rings. The van der Waals surface area contributed by atoms with Crippen molar-refractivity contribution in [3.05, 3.63) is 51.8 Å². The van der Waals surface area contributed by atoms with Gasteiger partial charge in [0, 0.05) is 17.5 Å². The van der Waals surface area contributed by atoms with Crippen LogP contribution in [0.1, 0.15) is 11.3 Å². The topological polar surface area (TPSA) is 50.2 Å². The molecule has 0 bridgehead atoms. The average Bonchev–Trinajstić information content (AvgIpc) is 2.33. The van der Waals surface area contributed by atoms with Gasteiger partial charge < -0.3 is 0 Å². The lowest BCUT2D eigenvalue weighted by Gasteiger charge is -2.01. The van der Waals surface area contributed by atoms with E-state index in [9.17, 15) is 0 Å². The highest BCUT2D eigenvalue weighted by Gasteiger charge is 2.01. The zero-order valence-corrected chi connectivity index (χ0v) is 11.1. The monoisotopic (exact) mass is 280 g/mol. The maximum Gasteiger partial charge on any atom is 0.243 e. The van der Waals surface area contributed by atoms with Crippen molar-refractivity contribution in [2.75, 3.05) is 5.43 Å². The van der Waals surface area contributed by atoms with Crippen LogP contribution in [0.4, 0.5) is 5.95 Å². The number of halogens is 2. The summed E-state index contributed by atoms with van der Waals surface area (Å²) >= 11 is 12.0. The van der Waals surface area contributed by atoms with Gasteiger partial charge in [-0.25, -0.2) is 15.4 Å². The maximum absolute atomic E-state index is 6.00. The molecular weight excluding hydrogens is 271 g/mol. The van der Waals surface area contributed by atoms with Crippen molar-refractivity contribution >= 4 is 35.4 Å². The number of nitrogens with one attached hydrogen (secondary N) is 1. The van der Waals surface area contributed by atoms with Crippen LogP contribution >= 0.6 is 23.2 Å². The molecule has 0 saturated heterocycles. The first-order valence-corrected chi connectivity index (χ1v) is 5.95. The lowest BCUT2D eigenvalue weighted by Crippen LogP contribution is -1.97. The van der Waals surface area contributed by atoms with Crippen LogP contribution in [-0.2, 0) is 0 Å². The summed E-state index contributed by atoms with van der Waals surface area (Å²) in [4.78, 5) is 8.16. The third-order valence-electron chi connectivity index (χ3n) is 2.15. The molecule has 1 aromatic carbocycles. The van der Waals surface area contributed by atoms with E-state index in [1.165, 1.54) is 6.21 Å². The first kappa shape index (κ1) is 12.8. The normalized spacial score (nSPS) is 10.8. The summed E-state index contributed by atoms with van der Waals surface area (Å²) in [5, 5.41) is 5.09. The number of hydrogen-bond donors (Lipinski definition) is 1. The van der Waals surface area contributed by atoms with E-state index in [1.807, 2.05) is 6.92 Å². The van der Waals surface area contributed by atoms with Crippen LogP contribution in [0.2, 0.25) is 10.0 Å². The second-order valence-corrected chi connectivity index (χ2v) is 4.34. The lowest BCUT2D eigenvalue weighted by atomic mass is 10.2. The summed E-state index contributed by atoms with van der Waals surface area (Å²) in [6, 6.07) is 7.08. The molecule has 4 nitrogen and oxygen atoms in total. The van der Waals surface area contributed by atoms with Crippen molar-refractivity contribution in [1.29, 1.82) is 0 Å². The Morgan fingerprint density at radius 3 is 2.61 bits per heavy atom. The Balaban J connectivity index is 2.12. The molecule has 18 heavy (non-hydrogen) atoms. The molecule has 0 spiro atoms. The maximum atomic E-state index is 6.00. The third kappa shape index (κ3) is 3.18. The quantitative estimate of drug-likeness (QED) is 0.691. The largest absolute Gasteiger partial charge is 0.245 e. The standard InChI is InChI=1S/C12H10Cl2N4/c1-8-5-6-15-12(17-8)18-16-7-9-10(13)3-2-4-11(9)14/h2-7H,1H3,(H,15,17,18). The highest BCUT2D eigenvalue weighted by atomic mass is 35.5. The van der Waals surface area contributed by atoms with Crippen molar-refractivity contribution in [2.45, 2.75) is 6.92 Å². The Hall–Kier alpha value is -1.65. The molecule has 6 heteroatoms. The zero-order chi connectivity index (χ0) is 13.0. The van der Waals surface area contributed by atoms with Gasteiger partial charge in [0.05, 0.1) is 16.3 Å². The molecule has 0 aliphatic heterocycles. The van der Waals surface area contributed by atoms with Gasteiger partial charge in [-0.15, -0.1) is 0 Å². The van der Waals surface area contributed by atoms with Crippen molar-refractivity contribution < 1.29 is 0 Å². The number of benzene rings is 1. The molecule has 0 radical (unpaired) electrons. The Labute approximate surface area is 115 Å². The van der Waals surface area contributed by atoms with Crippen LogP contribution in [0.5, 0.6) is 0 Å². The summed E-state index contributed by atoms with van der Waals surface area (Å²) in [5.74, 6) is 0.425. The fourth-order valence-electron chi connectivity index (χ4n) is 1.29. The summed E-state index contributed by atoms with van der Waals surface area (Å²) in [5.41, 5.74) is 4.23. The number of aromatic nitrogens is 2. The van der Waals surface area contributed by atoms with E-state index in [2.05, 4.69) is 20.5 Å². The fraction of sp³-hybridized carbons (Fsp3) is 0.0833. The number of nitrogens with zero attached hydrogens (tertiary/aromatic N) is 3. The summed E-state index contributed by atoms with van der Waals surface area (Å²) < 4.78 is 0. The Morgan fingerprint density at radius 2 is 1.94 bits per heavy atom. The molecular formula is C12H10Cl2N4. The SMILES string of the molecule is Cc1ccnc(NN=Cc2c(Cl)cccc2Cl)n1. The Morgan fingerprint density at radius 1 is 1.22 bits per heavy atom. The van der Waals surface area contributed by atoms with Gasteiger partial charge in [-0.2, -0.15) is 5.10 Å². The van der Waals surface area contributed by atoms with Crippen LogP contribution in [0.3, 0.4) is 0 Å². The molecule has 0 aliphatic rings. The van der Waals surface area contributed by atoms with Crippen molar-refractivity contribution in [3.8, 4) is 0 Å². The minimum absolute atomic E-state index is 0.425. The molecule has 0 atom stereocenters. The second-order valence-electron chi connectivity index (χ2n) is 3.53. The van der Waals surface area contributed by atoms with E-state index >= 15 is 0 Å². The number of rotatable bonds is 3. The zero-order valence-electron chi connectivity index (χ0n) is 9.56. The molecule has 92 valence electrons. The van der Waals surface area contributed by atoms with E-state index in [1.54, 1.807) is 30.5 Å². The molecule has 1 N–H and O–H groups in total. The molecule has 0 amide bonds. The molecule has 0 saturated carbocycles. The second kappa shape index (κ2) is 5.80. The molecule has 0 fully saturated rings. The van der Waals surface area contributed by atoms with Gasteiger partial charge in [-0.1, -0.05) is 29.3 Å². The fourth-order valence-corrected chi connectivity index (χ4v) is 1.79. The van der Waals surface area contributed by atoms with Crippen LogP contribution in [0.25, 0.3) is 0 Å². The lowest BCUT2D eigenvalue weighted by molar-refractivity contribution is 1.07. The van der Waals surface area contributed by atoms with Gasteiger partial charge in [-0.05, 0) is 25.1 Å². The molecule has 0 aliphatic carbocycles. The Kier molecular flexibility index (Phi) is 4.12. The van der Waals surface area contributed by atoms with E-state index in [0.717, 1.165) is 5.69 Å². The third-order valence-corrected chi connectivity index (χ3v) is 2.81. The summed E-state index contributed by atoms with van der Waals surface area (Å²) in [7, 11) is 0. The summed E-state index contributed by atoms with van der Waals surface area (Å²) in [6.45, 7) is 1.88. The predicted molar refractivity (Wildman–Crippen MR) is 74.4 cm³/mol. The van der Waals surface area contributed by atoms with Gasteiger partial charge in [0.15, 0.2) is 0 Å². The Bertz CT molecular complexity index is 564. The first-order valence-electron chi connectivity index (χ1n) is 5.19. The van der Waals surface area contributed by atoms with Crippen LogP contribution < -0.4 is 5.43 Å². The molecule has 2 rings (SSSR count). The highest BCUT2D eigenvalue weighted by Crippen LogP contribution is 2.22. The van der Waals surface area contributed by atoms with Crippen molar-refractivity contribution in [3.63, 3.8) is 0 Å². The van der Waals surface area contributed by atoms with Gasteiger partial charge in [0.25, 0.3) is 0 Å². The van der Waals surface area contributed by atoms with E-state index in [4.69, 9.17) is 23.2 Å². The molecule has 0 unspecified atom stereocenters. The van der Waals surface area contributed by atoms with Crippen LogP contribution in [0.15, 0.2) is 35.6 Å². The molecule has 1 aromatic heterocycles. The molecule has 1 heterocycles. The minimum Gasteiger partial charge on any atom is -0.245 e. The summed E-state index contributed by atoms with van der Waals surface area (Å²) in [6.07, 6.45) is 3.19. The first-order chi connectivity index (χ1) is 8.66. The van der Waals surface area contributed by atoms with E-state index < -0.39 is 0 Å². The van der Waals surface area contributed by atoms with Crippen LogP contribution in [0, 0.1) is 6.92 Å². The predicted octanol–water partition coefficient (Wildman–Crippen LogP) is 3.54. The number of anilines is 1. The number of hydrogen-bond acceptors (Lipinski definition) is 4. The van der Waals surface area contributed by atoms with E-state index in [0.29, 0.717) is 21.6 Å². The van der Waals surface area contributed by atoms with Gasteiger partial charge in [-0.3, -0.25) is 0 Å². The smallest absolute Gasteiger partial charge is 0.243 e. The average molecular weight is 281 g/mol. The van der Waals surface area contributed by atoms with Gasteiger partial charge in [0.2, 0.25) is 5.95 Å². The highest BCUT2D eigenvalue weighted by molar-refractivity contribution is 6.38. The number of aryl methyl sites for hydroxylation is 1.